The summed E-state index contributed by atoms with van der Waals surface area (Å²) in [6.45, 7) is 4.81. The van der Waals surface area contributed by atoms with Crippen LogP contribution in [0.15, 0.2) is 30.5 Å². The lowest BCUT2D eigenvalue weighted by Crippen LogP contribution is -2.24. The number of aliphatic hydroxyl groups is 1. The highest BCUT2D eigenvalue weighted by atomic mass is 16.3. The monoisotopic (exact) mass is 262 g/mol. The molecule has 0 saturated carbocycles. The van der Waals surface area contributed by atoms with E-state index < -0.39 is 0 Å². The number of hydrogen-bond acceptors (Lipinski definition) is 3. The largest absolute Gasteiger partial charge is 0.396 e. The molecule has 0 unspecified atom stereocenters. The minimum Gasteiger partial charge on any atom is -0.396 e. The summed E-state index contributed by atoms with van der Waals surface area (Å²) in [6, 6.07) is 5.55. The Bertz CT molecular complexity index is 413. The molecule has 1 aromatic heterocycles. The van der Waals surface area contributed by atoms with E-state index in [9.17, 15) is 4.79 Å². The van der Waals surface area contributed by atoms with Crippen molar-refractivity contribution in [3.63, 3.8) is 0 Å². The number of nitrogens with zero attached hydrogens (tertiary/aromatic N) is 1. The van der Waals surface area contributed by atoms with Crippen LogP contribution in [0.5, 0.6) is 0 Å². The molecule has 0 bridgehead atoms. The van der Waals surface area contributed by atoms with Gasteiger partial charge in [-0.05, 0) is 36.5 Å². The molecule has 1 aromatic rings. The van der Waals surface area contributed by atoms with Gasteiger partial charge in [0.25, 0.3) is 0 Å². The fourth-order valence-electron chi connectivity index (χ4n) is 1.55. The number of pyridine rings is 1. The van der Waals surface area contributed by atoms with E-state index in [1.807, 2.05) is 32.0 Å². The summed E-state index contributed by atoms with van der Waals surface area (Å²) >= 11 is 0. The van der Waals surface area contributed by atoms with Gasteiger partial charge in [-0.2, -0.15) is 0 Å². The van der Waals surface area contributed by atoms with Gasteiger partial charge in [-0.3, -0.25) is 9.78 Å². The van der Waals surface area contributed by atoms with Gasteiger partial charge in [0.05, 0.1) is 5.69 Å². The SMILES string of the molecule is CC(C)(CO)CCCNC(=O)/C=C/c1ccccn1. The lowest BCUT2D eigenvalue weighted by molar-refractivity contribution is -0.116. The van der Waals surface area contributed by atoms with Gasteiger partial charge in [0.2, 0.25) is 5.91 Å². The quantitative estimate of drug-likeness (QED) is 0.583. The third kappa shape index (κ3) is 6.72. The van der Waals surface area contributed by atoms with Crippen LogP contribution in [0.3, 0.4) is 0 Å². The van der Waals surface area contributed by atoms with Crippen molar-refractivity contribution in [1.82, 2.24) is 10.3 Å². The van der Waals surface area contributed by atoms with E-state index in [0.29, 0.717) is 6.54 Å². The molecule has 0 atom stereocenters. The van der Waals surface area contributed by atoms with Crippen molar-refractivity contribution in [3.8, 4) is 0 Å². The predicted octanol–water partition coefficient (Wildman–Crippen LogP) is 2.01. The van der Waals surface area contributed by atoms with Crippen molar-refractivity contribution in [1.29, 1.82) is 0 Å². The number of amides is 1. The average Bonchev–Trinajstić information content (AvgIpc) is 2.42. The lowest BCUT2D eigenvalue weighted by atomic mass is 9.89. The van der Waals surface area contributed by atoms with Crippen molar-refractivity contribution in [2.24, 2.45) is 5.41 Å². The van der Waals surface area contributed by atoms with Crippen LogP contribution in [0.2, 0.25) is 0 Å². The van der Waals surface area contributed by atoms with Crippen molar-refractivity contribution < 1.29 is 9.90 Å². The molecule has 0 aromatic carbocycles. The number of rotatable bonds is 7. The van der Waals surface area contributed by atoms with Gasteiger partial charge in [-0.15, -0.1) is 0 Å². The molecule has 0 aliphatic heterocycles. The van der Waals surface area contributed by atoms with Crippen LogP contribution in [0.25, 0.3) is 6.08 Å². The number of carbonyl (C=O) groups excluding carboxylic acids is 1. The Balaban J connectivity index is 2.24. The van der Waals surface area contributed by atoms with E-state index in [0.717, 1.165) is 18.5 Å². The number of hydrogen-bond donors (Lipinski definition) is 2. The minimum atomic E-state index is -0.118. The highest BCUT2D eigenvalue weighted by Gasteiger charge is 2.15. The first kappa shape index (κ1) is 15.4. The molecule has 4 heteroatoms. The topological polar surface area (TPSA) is 62.2 Å². The summed E-state index contributed by atoms with van der Waals surface area (Å²) in [5.41, 5.74) is 0.688. The first-order valence-electron chi connectivity index (χ1n) is 6.51. The second-order valence-electron chi connectivity index (χ2n) is 5.30. The van der Waals surface area contributed by atoms with E-state index in [4.69, 9.17) is 5.11 Å². The van der Waals surface area contributed by atoms with Crippen LogP contribution in [-0.2, 0) is 4.79 Å². The van der Waals surface area contributed by atoms with Crippen LogP contribution in [-0.4, -0.2) is 29.1 Å². The highest BCUT2D eigenvalue weighted by Crippen LogP contribution is 2.20. The lowest BCUT2D eigenvalue weighted by Gasteiger charge is -2.20. The van der Waals surface area contributed by atoms with Gasteiger partial charge < -0.3 is 10.4 Å². The van der Waals surface area contributed by atoms with E-state index in [1.165, 1.54) is 6.08 Å². The smallest absolute Gasteiger partial charge is 0.244 e. The van der Waals surface area contributed by atoms with Crippen molar-refractivity contribution in [2.75, 3.05) is 13.2 Å². The fourth-order valence-corrected chi connectivity index (χ4v) is 1.55. The molecule has 0 aliphatic rings. The molecular formula is C15H22N2O2. The van der Waals surface area contributed by atoms with Gasteiger partial charge >= 0.3 is 0 Å². The second kappa shape index (κ2) is 7.69. The van der Waals surface area contributed by atoms with E-state index in [1.54, 1.807) is 12.3 Å². The Hall–Kier alpha value is -1.68. The average molecular weight is 262 g/mol. The van der Waals surface area contributed by atoms with Gasteiger partial charge in [0, 0.05) is 25.4 Å². The number of aromatic nitrogens is 1. The van der Waals surface area contributed by atoms with Crippen LogP contribution >= 0.6 is 0 Å². The molecule has 1 heterocycles. The maximum Gasteiger partial charge on any atom is 0.244 e. The van der Waals surface area contributed by atoms with E-state index in [2.05, 4.69) is 10.3 Å². The van der Waals surface area contributed by atoms with Crippen LogP contribution in [0.4, 0.5) is 0 Å². The normalized spacial score (nSPS) is 11.7. The number of aliphatic hydroxyl groups excluding tert-OH is 1. The Kier molecular flexibility index (Phi) is 6.22. The Morgan fingerprint density at radius 3 is 2.89 bits per heavy atom. The molecule has 4 nitrogen and oxygen atoms in total. The van der Waals surface area contributed by atoms with Gasteiger partial charge in [-0.25, -0.2) is 0 Å². The van der Waals surface area contributed by atoms with Crippen molar-refractivity contribution >= 4 is 12.0 Å². The minimum absolute atomic E-state index is 0.0749. The van der Waals surface area contributed by atoms with Gasteiger partial charge in [0.1, 0.15) is 0 Å². The Morgan fingerprint density at radius 1 is 1.47 bits per heavy atom. The summed E-state index contributed by atoms with van der Waals surface area (Å²) in [7, 11) is 0. The molecule has 1 amide bonds. The number of carbonyl (C=O) groups is 1. The van der Waals surface area contributed by atoms with Crippen LogP contribution in [0, 0.1) is 5.41 Å². The summed E-state index contributed by atoms with van der Waals surface area (Å²) in [5.74, 6) is -0.118. The standard InChI is InChI=1S/C15H22N2O2/c1-15(2,12-18)9-5-11-17-14(19)8-7-13-6-3-4-10-16-13/h3-4,6-8,10,18H,5,9,11-12H2,1-2H3,(H,17,19)/b8-7+. The van der Waals surface area contributed by atoms with E-state index >= 15 is 0 Å². The Labute approximate surface area is 114 Å². The third-order valence-corrected chi connectivity index (χ3v) is 2.85. The van der Waals surface area contributed by atoms with Crippen molar-refractivity contribution in [2.45, 2.75) is 26.7 Å². The summed E-state index contributed by atoms with van der Waals surface area (Å²) in [4.78, 5) is 15.6. The number of nitrogens with one attached hydrogen (secondary N) is 1. The fraction of sp³-hybridized carbons (Fsp3) is 0.467. The molecule has 2 N–H and O–H groups in total. The molecule has 0 spiro atoms. The first-order valence-corrected chi connectivity index (χ1v) is 6.51. The summed E-state index contributed by atoms with van der Waals surface area (Å²) < 4.78 is 0. The maximum atomic E-state index is 11.5. The highest BCUT2D eigenvalue weighted by molar-refractivity contribution is 5.91. The first-order chi connectivity index (χ1) is 9.03. The zero-order valence-electron chi connectivity index (χ0n) is 11.6. The van der Waals surface area contributed by atoms with Crippen molar-refractivity contribution in [3.05, 3.63) is 36.2 Å². The zero-order chi connectivity index (χ0) is 14.1. The molecule has 0 fully saturated rings. The predicted molar refractivity (Wildman–Crippen MR) is 76.4 cm³/mol. The molecule has 0 aliphatic carbocycles. The Morgan fingerprint density at radius 2 is 2.26 bits per heavy atom. The zero-order valence-corrected chi connectivity index (χ0v) is 11.6. The van der Waals surface area contributed by atoms with E-state index in [-0.39, 0.29) is 17.9 Å². The molecule has 1 rings (SSSR count). The molecule has 104 valence electrons. The van der Waals surface area contributed by atoms with Crippen LogP contribution in [0.1, 0.15) is 32.4 Å². The molecule has 19 heavy (non-hydrogen) atoms. The maximum absolute atomic E-state index is 11.5. The van der Waals surface area contributed by atoms with Gasteiger partial charge in [0.15, 0.2) is 0 Å². The summed E-state index contributed by atoms with van der Waals surface area (Å²) in [5, 5.41) is 11.9. The summed E-state index contributed by atoms with van der Waals surface area (Å²) in [6.07, 6.45) is 6.60. The second-order valence-corrected chi connectivity index (χ2v) is 5.30. The molecular weight excluding hydrogens is 240 g/mol. The molecule has 0 saturated heterocycles. The third-order valence-electron chi connectivity index (χ3n) is 2.85. The van der Waals surface area contributed by atoms with Gasteiger partial charge in [-0.1, -0.05) is 19.9 Å². The van der Waals surface area contributed by atoms with Crippen LogP contribution < -0.4 is 5.32 Å². The molecule has 0 radical (unpaired) electrons.